The van der Waals surface area contributed by atoms with Crippen LogP contribution in [-0.4, -0.2) is 40.9 Å². The Morgan fingerprint density at radius 2 is 2.12 bits per heavy atom. The van der Waals surface area contributed by atoms with Gasteiger partial charge in [-0.05, 0) is 38.8 Å². The standard InChI is InChI=1S/C18H28N6O/c1-5-19-18(21-12-17-23-22-13-24(17)6-2)20-10-9-15-11-14(3)7-8-16(15)25-4/h7-8,11,13H,5-6,9-10,12H2,1-4H3,(H2,19,20,21). The van der Waals surface area contributed by atoms with Gasteiger partial charge in [0, 0.05) is 19.6 Å². The van der Waals surface area contributed by atoms with Gasteiger partial charge in [-0.3, -0.25) is 0 Å². The van der Waals surface area contributed by atoms with E-state index in [1.165, 1.54) is 11.1 Å². The normalized spacial score (nSPS) is 11.4. The fourth-order valence-corrected chi connectivity index (χ4v) is 2.58. The van der Waals surface area contributed by atoms with Crippen LogP contribution < -0.4 is 15.4 Å². The fourth-order valence-electron chi connectivity index (χ4n) is 2.58. The number of aromatic nitrogens is 3. The summed E-state index contributed by atoms with van der Waals surface area (Å²) in [6, 6.07) is 6.24. The number of guanidine groups is 1. The number of hydrogen-bond donors (Lipinski definition) is 2. The van der Waals surface area contributed by atoms with Crippen molar-refractivity contribution in [2.75, 3.05) is 20.2 Å². The van der Waals surface area contributed by atoms with Gasteiger partial charge in [0.15, 0.2) is 11.8 Å². The average Bonchev–Trinajstić information content (AvgIpc) is 3.07. The van der Waals surface area contributed by atoms with Crippen LogP contribution in [0.5, 0.6) is 5.75 Å². The van der Waals surface area contributed by atoms with Gasteiger partial charge in [-0.2, -0.15) is 0 Å². The molecule has 0 bridgehead atoms. The summed E-state index contributed by atoms with van der Waals surface area (Å²) in [6.45, 7) is 9.12. The number of hydrogen-bond acceptors (Lipinski definition) is 4. The largest absolute Gasteiger partial charge is 0.496 e. The second-order valence-corrected chi connectivity index (χ2v) is 5.72. The van der Waals surface area contributed by atoms with Gasteiger partial charge in [-0.15, -0.1) is 10.2 Å². The molecule has 0 amide bonds. The third kappa shape index (κ3) is 5.48. The van der Waals surface area contributed by atoms with Crippen LogP contribution in [-0.2, 0) is 19.5 Å². The molecule has 0 fully saturated rings. The van der Waals surface area contributed by atoms with Crippen LogP contribution >= 0.6 is 0 Å². The van der Waals surface area contributed by atoms with Crippen LogP contribution in [0.4, 0.5) is 0 Å². The van der Waals surface area contributed by atoms with E-state index >= 15 is 0 Å². The minimum absolute atomic E-state index is 0.497. The summed E-state index contributed by atoms with van der Waals surface area (Å²) in [5, 5.41) is 14.7. The summed E-state index contributed by atoms with van der Waals surface area (Å²) in [4.78, 5) is 4.60. The van der Waals surface area contributed by atoms with Gasteiger partial charge in [-0.1, -0.05) is 17.7 Å². The lowest BCUT2D eigenvalue weighted by atomic mass is 10.1. The topological polar surface area (TPSA) is 76.4 Å². The molecule has 0 saturated heterocycles. The maximum absolute atomic E-state index is 5.44. The maximum atomic E-state index is 5.44. The van der Waals surface area contributed by atoms with Crippen molar-refractivity contribution in [2.45, 2.75) is 40.3 Å². The molecule has 1 aromatic heterocycles. The van der Waals surface area contributed by atoms with Crippen molar-refractivity contribution in [3.8, 4) is 5.75 Å². The van der Waals surface area contributed by atoms with Crippen LogP contribution in [0.3, 0.4) is 0 Å². The highest BCUT2D eigenvalue weighted by molar-refractivity contribution is 5.79. The quantitative estimate of drug-likeness (QED) is 0.565. The van der Waals surface area contributed by atoms with Crippen LogP contribution in [0.2, 0.25) is 0 Å². The lowest BCUT2D eigenvalue weighted by Gasteiger charge is -2.13. The zero-order valence-corrected chi connectivity index (χ0v) is 15.5. The molecule has 0 aliphatic carbocycles. The van der Waals surface area contributed by atoms with Gasteiger partial charge < -0.3 is 19.9 Å². The number of aryl methyl sites for hydroxylation is 2. The van der Waals surface area contributed by atoms with Crippen molar-refractivity contribution in [3.05, 3.63) is 41.5 Å². The van der Waals surface area contributed by atoms with Gasteiger partial charge >= 0.3 is 0 Å². The van der Waals surface area contributed by atoms with Crippen molar-refractivity contribution in [1.82, 2.24) is 25.4 Å². The lowest BCUT2D eigenvalue weighted by Crippen LogP contribution is -2.38. The molecule has 7 heteroatoms. The van der Waals surface area contributed by atoms with E-state index in [-0.39, 0.29) is 0 Å². The highest BCUT2D eigenvalue weighted by Crippen LogP contribution is 2.19. The summed E-state index contributed by atoms with van der Waals surface area (Å²) in [7, 11) is 1.71. The molecule has 0 spiro atoms. The molecule has 1 heterocycles. The molecule has 0 saturated carbocycles. The maximum Gasteiger partial charge on any atom is 0.191 e. The second-order valence-electron chi connectivity index (χ2n) is 5.72. The predicted molar refractivity (Wildman–Crippen MR) is 99.9 cm³/mol. The van der Waals surface area contributed by atoms with E-state index in [0.29, 0.717) is 6.54 Å². The van der Waals surface area contributed by atoms with Crippen molar-refractivity contribution >= 4 is 5.96 Å². The summed E-state index contributed by atoms with van der Waals surface area (Å²) >= 11 is 0. The first-order valence-corrected chi connectivity index (χ1v) is 8.70. The third-order valence-electron chi connectivity index (χ3n) is 3.88. The lowest BCUT2D eigenvalue weighted by molar-refractivity contribution is 0.409. The molecule has 25 heavy (non-hydrogen) atoms. The SMILES string of the molecule is CCNC(=NCc1nncn1CC)NCCc1cc(C)ccc1OC. The minimum Gasteiger partial charge on any atom is -0.496 e. The molecular formula is C18H28N6O. The minimum atomic E-state index is 0.497. The Kier molecular flexibility index (Phi) is 7.25. The van der Waals surface area contributed by atoms with Gasteiger partial charge in [-0.25, -0.2) is 4.99 Å². The highest BCUT2D eigenvalue weighted by atomic mass is 16.5. The average molecular weight is 344 g/mol. The number of nitrogens with one attached hydrogen (secondary N) is 2. The smallest absolute Gasteiger partial charge is 0.191 e. The molecule has 0 unspecified atom stereocenters. The second kappa shape index (κ2) is 9.66. The Morgan fingerprint density at radius 1 is 1.28 bits per heavy atom. The van der Waals surface area contributed by atoms with E-state index in [1.807, 2.05) is 10.6 Å². The van der Waals surface area contributed by atoms with Gasteiger partial charge in [0.2, 0.25) is 0 Å². The number of benzene rings is 1. The molecule has 2 rings (SSSR count). The molecule has 0 aliphatic rings. The molecule has 0 atom stereocenters. The van der Waals surface area contributed by atoms with Gasteiger partial charge in [0.1, 0.15) is 18.6 Å². The molecule has 136 valence electrons. The molecule has 0 radical (unpaired) electrons. The number of aliphatic imine (C=N–C) groups is 1. The Balaban J connectivity index is 1.95. The summed E-state index contributed by atoms with van der Waals surface area (Å²) in [6.07, 6.45) is 2.59. The number of rotatable bonds is 8. The van der Waals surface area contributed by atoms with Crippen LogP contribution in [0, 0.1) is 6.92 Å². The van der Waals surface area contributed by atoms with Gasteiger partial charge in [0.05, 0.1) is 7.11 Å². The Hall–Kier alpha value is -2.57. The summed E-state index contributed by atoms with van der Waals surface area (Å²) < 4.78 is 7.43. The van der Waals surface area contributed by atoms with E-state index in [9.17, 15) is 0 Å². The zero-order valence-electron chi connectivity index (χ0n) is 15.5. The van der Waals surface area contributed by atoms with E-state index in [2.05, 4.69) is 58.7 Å². The first-order chi connectivity index (χ1) is 12.2. The van der Waals surface area contributed by atoms with E-state index in [0.717, 1.165) is 43.6 Å². The molecule has 2 aromatic rings. The zero-order chi connectivity index (χ0) is 18.1. The number of ether oxygens (including phenoxy) is 1. The predicted octanol–water partition coefficient (Wildman–Crippen LogP) is 1.91. The fraction of sp³-hybridized carbons (Fsp3) is 0.500. The van der Waals surface area contributed by atoms with Crippen molar-refractivity contribution < 1.29 is 4.74 Å². The van der Waals surface area contributed by atoms with Gasteiger partial charge in [0.25, 0.3) is 0 Å². The Labute approximate surface area is 149 Å². The molecule has 7 nitrogen and oxygen atoms in total. The molecule has 2 N–H and O–H groups in total. The Morgan fingerprint density at radius 3 is 2.84 bits per heavy atom. The molecule has 0 aliphatic heterocycles. The number of methoxy groups -OCH3 is 1. The summed E-state index contributed by atoms with van der Waals surface area (Å²) in [5.74, 6) is 2.56. The van der Waals surface area contributed by atoms with Crippen LogP contribution in [0.1, 0.15) is 30.8 Å². The monoisotopic (exact) mass is 344 g/mol. The van der Waals surface area contributed by atoms with E-state index < -0.39 is 0 Å². The molecule has 1 aromatic carbocycles. The third-order valence-corrected chi connectivity index (χ3v) is 3.88. The van der Waals surface area contributed by atoms with Crippen molar-refractivity contribution in [1.29, 1.82) is 0 Å². The Bertz CT molecular complexity index is 695. The van der Waals surface area contributed by atoms with Crippen molar-refractivity contribution in [3.63, 3.8) is 0 Å². The van der Waals surface area contributed by atoms with Crippen LogP contribution in [0.25, 0.3) is 0 Å². The first-order valence-electron chi connectivity index (χ1n) is 8.70. The summed E-state index contributed by atoms with van der Waals surface area (Å²) in [5.41, 5.74) is 2.42. The van der Waals surface area contributed by atoms with Crippen molar-refractivity contribution in [2.24, 2.45) is 4.99 Å². The number of nitrogens with zero attached hydrogens (tertiary/aromatic N) is 4. The van der Waals surface area contributed by atoms with Crippen LogP contribution in [0.15, 0.2) is 29.5 Å². The first kappa shape index (κ1) is 18.8. The van der Waals surface area contributed by atoms with E-state index in [4.69, 9.17) is 4.74 Å². The highest BCUT2D eigenvalue weighted by Gasteiger charge is 2.05. The molecular weight excluding hydrogens is 316 g/mol. The van der Waals surface area contributed by atoms with E-state index in [1.54, 1.807) is 13.4 Å².